The minimum atomic E-state index is 0.603. The third-order valence-electron chi connectivity index (χ3n) is 2.63. The van der Waals surface area contributed by atoms with E-state index >= 15 is 0 Å². The number of aromatic nitrogens is 1. The highest BCUT2D eigenvalue weighted by Crippen LogP contribution is 2.19. The van der Waals surface area contributed by atoms with Gasteiger partial charge in [0.25, 0.3) is 0 Å². The van der Waals surface area contributed by atoms with Gasteiger partial charge < -0.3 is 5.32 Å². The first-order valence-corrected chi connectivity index (χ1v) is 6.34. The molecule has 0 saturated heterocycles. The van der Waals surface area contributed by atoms with Crippen molar-refractivity contribution < 1.29 is 0 Å². The van der Waals surface area contributed by atoms with Crippen LogP contribution in [-0.4, -0.2) is 4.98 Å². The molecule has 2 aromatic rings. The monoisotopic (exact) mass is 301 g/mol. The summed E-state index contributed by atoms with van der Waals surface area (Å²) in [5, 5.41) is 12.4. The van der Waals surface area contributed by atoms with Crippen LogP contribution in [0.25, 0.3) is 0 Å². The highest BCUT2D eigenvalue weighted by atomic mass is 79.9. The van der Waals surface area contributed by atoms with Gasteiger partial charge in [0.1, 0.15) is 6.07 Å². The van der Waals surface area contributed by atoms with Crippen LogP contribution in [0.4, 0.5) is 5.69 Å². The lowest BCUT2D eigenvalue weighted by molar-refractivity contribution is 1.04. The molecule has 0 amide bonds. The summed E-state index contributed by atoms with van der Waals surface area (Å²) in [6.07, 6.45) is 1.76. The van der Waals surface area contributed by atoms with Gasteiger partial charge in [-0.25, -0.2) is 0 Å². The predicted molar refractivity (Wildman–Crippen MR) is 75.2 cm³/mol. The zero-order valence-corrected chi connectivity index (χ0v) is 11.5. The number of hydrogen-bond donors (Lipinski definition) is 1. The molecule has 0 aliphatic heterocycles. The molecule has 1 aromatic heterocycles. The maximum atomic E-state index is 9.12. The van der Waals surface area contributed by atoms with E-state index in [2.05, 4.69) is 32.3 Å². The van der Waals surface area contributed by atoms with E-state index in [1.807, 2.05) is 37.3 Å². The molecule has 18 heavy (non-hydrogen) atoms. The molecule has 3 nitrogen and oxygen atoms in total. The number of halogens is 1. The van der Waals surface area contributed by atoms with Crippen molar-refractivity contribution in [3.8, 4) is 6.07 Å². The normalized spacial score (nSPS) is 9.83. The first kappa shape index (κ1) is 12.6. The smallest absolute Gasteiger partial charge is 0.102 e. The van der Waals surface area contributed by atoms with Crippen LogP contribution in [0.1, 0.15) is 16.8 Å². The fraction of sp³-hybridized carbons (Fsp3) is 0.143. The standard InChI is InChI=1S/C14H12BrN3/c1-10-3-2-4-14(13(10)7-16)18-9-12-6-5-11(15)8-17-12/h2-6,8,18H,9H2,1H3. The number of rotatable bonds is 3. The largest absolute Gasteiger partial charge is 0.378 e. The second-order valence-electron chi connectivity index (χ2n) is 3.93. The van der Waals surface area contributed by atoms with Crippen LogP contribution in [0.2, 0.25) is 0 Å². The number of nitrogens with zero attached hydrogens (tertiary/aromatic N) is 2. The zero-order valence-electron chi connectivity index (χ0n) is 9.94. The molecule has 0 atom stereocenters. The van der Waals surface area contributed by atoms with Gasteiger partial charge in [-0.15, -0.1) is 0 Å². The van der Waals surface area contributed by atoms with Gasteiger partial charge in [0, 0.05) is 10.7 Å². The van der Waals surface area contributed by atoms with E-state index in [9.17, 15) is 0 Å². The van der Waals surface area contributed by atoms with Gasteiger partial charge in [-0.05, 0) is 46.6 Å². The fourth-order valence-electron chi connectivity index (χ4n) is 1.66. The van der Waals surface area contributed by atoms with Gasteiger partial charge in [0.2, 0.25) is 0 Å². The molecule has 1 N–H and O–H groups in total. The minimum absolute atomic E-state index is 0.603. The van der Waals surface area contributed by atoms with Crippen molar-refractivity contribution in [3.63, 3.8) is 0 Å². The van der Waals surface area contributed by atoms with E-state index < -0.39 is 0 Å². The van der Waals surface area contributed by atoms with E-state index in [4.69, 9.17) is 5.26 Å². The number of benzene rings is 1. The third kappa shape index (κ3) is 2.88. The highest BCUT2D eigenvalue weighted by molar-refractivity contribution is 9.10. The number of nitriles is 1. The van der Waals surface area contributed by atoms with E-state index in [-0.39, 0.29) is 0 Å². The average Bonchev–Trinajstić information content (AvgIpc) is 2.38. The van der Waals surface area contributed by atoms with Crippen LogP contribution in [-0.2, 0) is 6.54 Å². The Kier molecular flexibility index (Phi) is 3.96. The number of anilines is 1. The lowest BCUT2D eigenvalue weighted by Crippen LogP contribution is -2.03. The van der Waals surface area contributed by atoms with Gasteiger partial charge in [-0.3, -0.25) is 4.98 Å². The van der Waals surface area contributed by atoms with Gasteiger partial charge in [-0.2, -0.15) is 5.26 Å². The Balaban J connectivity index is 2.14. The van der Waals surface area contributed by atoms with Crippen LogP contribution in [0, 0.1) is 18.3 Å². The molecule has 0 bridgehead atoms. The molecule has 0 aliphatic carbocycles. The zero-order chi connectivity index (χ0) is 13.0. The molecule has 4 heteroatoms. The Morgan fingerprint density at radius 3 is 2.83 bits per heavy atom. The molecule has 0 radical (unpaired) electrons. The van der Waals surface area contributed by atoms with Crippen molar-refractivity contribution in [3.05, 3.63) is 57.8 Å². The van der Waals surface area contributed by atoms with Gasteiger partial charge in [0.05, 0.1) is 23.5 Å². The summed E-state index contributed by atoms with van der Waals surface area (Å²) in [5.74, 6) is 0. The maximum Gasteiger partial charge on any atom is 0.102 e. The topological polar surface area (TPSA) is 48.7 Å². The molecule has 0 fully saturated rings. The molecule has 0 saturated carbocycles. The molecule has 0 aliphatic rings. The van der Waals surface area contributed by atoms with E-state index in [1.54, 1.807) is 6.20 Å². The fourth-order valence-corrected chi connectivity index (χ4v) is 1.89. The first-order chi connectivity index (χ1) is 8.70. The van der Waals surface area contributed by atoms with Crippen molar-refractivity contribution in [2.45, 2.75) is 13.5 Å². The number of pyridine rings is 1. The Morgan fingerprint density at radius 1 is 1.33 bits per heavy atom. The third-order valence-corrected chi connectivity index (χ3v) is 3.10. The second-order valence-corrected chi connectivity index (χ2v) is 4.85. The quantitative estimate of drug-likeness (QED) is 0.941. The van der Waals surface area contributed by atoms with Crippen molar-refractivity contribution in [2.75, 3.05) is 5.32 Å². The molecule has 90 valence electrons. The summed E-state index contributed by atoms with van der Waals surface area (Å²) < 4.78 is 0.958. The van der Waals surface area contributed by atoms with Crippen LogP contribution < -0.4 is 5.32 Å². The second kappa shape index (κ2) is 5.65. The molecular weight excluding hydrogens is 290 g/mol. The Morgan fingerprint density at radius 2 is 2.17 bits per heavy atom. The average molecular weight is 302 g/mol. The summed E-state index contributed by atoms with van der Waals surface area (Å²) in [7, 11) is 0. The van der Waals surface area contributed by atoms with Gasteiger partial charge >= 0.3 is 0 Å². The van der Waals surface area contributed by atoms with Gasteiger partial charge in [0.15, 0.2) is 0 Å². The Hall–Kier alpha value is -1.86. The minimum Gasteiger partial charge on any atom is -0.378 e. The predicted octanol–water partition coefficient (Wildman–Crippen LogP) is 3.64. The van der Waals surface area contributed by atoms with Crippen molar-refractivity contribution in [2.24, 2.45) is 0 Å². The van der Waals surface area contributed by atoms with Crippen LogP contribution in [0.15, 0.2) is 41.0 Å². The molecule has 1 heterocycles. The molecule has 0 spiro atoms. The Bertz CT molecular complexity index is 585. The summed E-state index contributed by atoms with van der Waals surface area (Å²) in [4.78, 5) is 4.28. The number of aryl methyl sites for hydroxylation is 1. The van der Waals surface area contributed by atoms with Crippen molar-refractivity contribution >= 4 is 21.6 Å². The van der Waals surface area contributed by atoms with Crippen LogP contribution >= 0.6 is 15.9 Å². The summed E-state index contributed by atoms with van der Waals surface area (Å²) >= 11 is 3.35. The molecule has 2 rings (SSSR count). The highest BCUT2D eigenvalue weighted by Gasteiger charge is 2.04. The van der Waals surface area contributed by atoms with E-state index in [0.29, 0.717) is 12.1 Å². The van der Waals surface area contributed by atoms with Crippen molar-refractivity contribution in [1.29, 1.82) is 5.26 Å². The number of hydrogen-bond acceptors (Lipinski definition) is 3. The van der Waals surface area contributed by atoms with E-state index in [0.717, 1.165) is 21.4 Å². The van der Waals surface area contributed by atoms with E-state index in [1.165, 1.54) is 0 Å². The SMILES string of the molecule is Cc1cccc(NCc2ccc(Br)cn2)c1C#N. The number of nitrogens with one attached hydrogen (secondary N) is 1. The van der Waals surface area contributed by atoms with Crippen LogP contribution in [0.5, 0.6) is 0 Å². The summed E-state index contributed by atoms with van der Waals surface area (Å²) in [6, 6.07) is 11.9. The molecular formula is C14H12BrN3. The Labute approximate surface area is 115 Å². The summed E-state index contributed by atoms with van der Waals surface area (Å²) in [6.45, 7) is 2.53. The lowest BCUT2D eigenvalue weighted by Gasteiger charge is -2.09. The summed E-state index contributed by atoms with van der Waals surface area (Å²) in [5.41, 5.74) is 3.45. The van der Waals surface area contributed by atoms with Crippen molar-refractivity contribution in [1.82, 2.24) is 4.98 Å². The lowest BCUT2D eigenvalue weighted by atomic mass is 10.1. The molecule has 1 aromatic carbocycles. The van der Waals surface area contributed by atoms with Gasteiger partial charge in [-0.1, -0.05) is 12.1 Å². The molecule has 0 unspecified atom stereocenters. The van der Waals surface area contributed by atoms with Crippen LogP contribution in [0.3, 0.4) is 0 Å². The first-order valence-electron chi connectivity index (χ1n) is 5.54. The maximum absolute atomic E-state index is 9.12.